The molecule has 1 atom stereocenters. The fourth-order valence-electron chi connectivity index (χ4n) is 3.02. The van der Waals surface area contributed by atoms with Crippen LogP contribution in [-0.2, 0) is 9.59 Å². The molecule has 2 aliphatic heterocycles. The number of carbonyl (C=O) groups is 2. The molecule has 3 N–H and O–H groups in total. The number of hydrogen-bond donors (Lipinski definition) is 3. The van der Waals surface area contributed by atoms with Crippen molar-refractivity contribution in [2.24, 2.45) is 0 Å². The summed E-state index contributed by atoms with van der Waals surface area (Å²) in [5.41, 5.74) is 0. The van der Waals surface area contributed by atoms with Gasteiger partial charge in [0, 0.05) is 56.2 Å². The van der Waals surface area contributed by atoms with Crippen molar-refractivity contribution in [1.82, 2.24) is 20.9 Å². The number of nitrogens with zero attached hydrogens (tertiary/aromatic N) is 1. The van der Waals surface area contributed by atoms with Crippen LogP contribution in [0.1, 0.15) is 32.6 Å². The lowest BCUT2D eigenvalue weighted by molar-refractivity contribution is -0.124. The summed E-state index contributed by atoms with van der Waals surface area (Å²) in [7, 11) is 0. The molecular formula is C16H30N4O2S. The summed E-state index contributed by atoms with van der Waals surface area (Å²) >= 11 is 1.92. The molecular weight excluding hydrogens is 312 g/mol. The zero-order valence-corrected chi connectivity index (χ0v) is 14.9. The molecule has 2 amide bonds. The molecule has 0 bridgehead atoms. The Morgan fingerprint density at radius 1 is 1.26 bits per heavy atom. The summed E-state index contributed by atoms with van der Waals surface area (Å²) in [5, 5.41) is 9.47. The van der Waals surface area contributed by atoms with Crippen molar-refractivity contribution >= 4 is 23.6 Å². The van der Waals surface area contributed by atoms with Gasteiger partial charge in [0.05, 0.1) is 6.54 Å². The Bertz CT molecular complexity index is 380. The van der Waals surface area contributed by atoms with Gasteiger partial charge in [-0.3, -0.25) is 14.5 Å². The topological polar surface area (TPSA) is 73.5 Å². The summed E-state index contributed by atoms with van der Waals surface area (Å²) in [6.45, 7) is 6.03. The Kier molecular flexibility index (Phi) is 8.19. The molecule has 2 rings (SSSR count). The minimum absolute atomic E-state index is 0.107. The van der Waals surface area contributed by atoms with Crippen molar-refractivity contribution in [3.63, 3.8) is 0 Å². The highest BCUT2D eigenvalue weighted by atomic mass is 32.2. The number of thioether (sulfide) groups is 1. The van der Waals surface area contributed by atoms with Crippen LogP contribution in [0.5, 0.6) is 0 Å². The van der Waals surface area contributed by atoms with Crippen molar-refractivity contribution in [2.75, 3.05) is 44.2 Å². The molecule has 2 heterocycles. The zero-order valence-electron chi connectivity index (χ0n) is 14.1. The number of rotatable bonds is 7. The molecule has 0 aromatic heterocycles. The van der Waals surface area contributed by atoms with E-state index in [1.165, 1.54) is 0 Å². The molecule has 0 aromatic rings. The lowest BCUT2D eigenvalue weighted by Gasteiger charge is -2.32. The first-order valence-electron chi connectivity index (χ1n) is 8.77. The van der Waals surface area contributed by atoms with E-state index in [4.69, 9.17) is 0 Å². The quantitative estimate of drug-likeness (QED) is 0.616. The first-order chi connectivity index (χ1) is 11.2. The molecule has 0 radical (unpaired) electrons. The van der Waals surface area contributed by atoms with Crippen molar-refractivity contribution in [3.05, 3.63) is 0 Å². The van der Waals surface area contributed by atoms with E-state index in [1.54, 1.807) is 0 Å². The first-order valence-corrected chi connectivity index (χ1v) is 9.92. The second kappa shape index (κ2) is 10.2. The average Bonchev–Trinajstić information content (AvgIpc) is 2.55. The second-order valence-corrected chi connectivity index (χ2v) is 7.55. The number of carbonyl (C=O) groups excluding carboxylic acids is 2. The van der Waals surface area contributed by atoms with E-state index < -0.39 is 0 Å². The maximum Gasteiger partial charge on any atom is 0.234 e. The van der Waals surface area contributed by atoms with Crippen LogP contribution in [0.2, 0.25) is 0 Å². The van der Waals surface area contributed by atoms with E-state index in [0.717, 1.165) is 56.9 Å². The molecule has 0 saturated carbocycles. The first kappa shape index (κ1) is 18.5. The summed E-state index contributed by atoms with van der Waals surface area (Å²) in [5.74, 6) is 2.43. The van der Waals surface area contributed by atoms with Gasteiger partial charge in [-0.15, -0.1) is 0 Å². The van der Waals surface area contributed by atoms with E-state index >= 15 is 0 Å². The molecule has 0 aliphatic carbocycles. The maximum atomic E-state index is 12.1. The predicted molar refractivity (Wildman–Crippen MR) is 94.6 cm³/mol. The smallest absolute Gasteiger partial charge is 0.234 e. The molecule has 0 spiro atoms. The molecule has 23 heavy (non-hydrogen) atoms. The van der Waals surface area contributed by atoms with Gasteiger partial charge in [0.2, 0.25) is 11.8 Å². The van der Waals surface area contributed by atoms with Crippen LogP contribution >= 0.6 is 11.8 Å². The van der Waals surface area contributed by atoms with Gasteiger partial charge < -0.3 is 16.0 Å². The zero-order chi connectivity index (χ0) is 16.5. The number of nitrogens with one attached hydrogen (secondary N) is 3. The molecule has 1 unspecified atom stereocenters. The summed E-state index contributed by atoms with van der Waals surface area (Å²) in [6, 6.07) is 0.574. The van der Waals surface area contributed by atoms with Crippen LogP contribution in [0.3, 0.4) is 0 Å². The average molecular weight is 343 g/mol. The Hall–Kier alpha value is -0.790. The third-order valence-corrected chi connectivity index (χ3v) is 5.45. The largest absolute Gasteiger partial charge is 0.355 e. The van der Waals surface area contributed by atoms with Gasteiger partial charge in [0.25, 0.3) is 0 Å². The van der Waals surface area contributed by atoms with Crippen LogP contribution in [0.15, 0.2) is 0 Å². The minimum atomic E-state index is 0.107. The van der Waals surface area contributed by atoms with Gasteiger partial charge in [0.15, 0.2) is 0 Å². The Balaban J connectivity index is 1.60. The lowest BCUT2D eigenvalue weighted by atomic mass is 10.0. The van der Waals surface area contributed by atoms with Crippen LogP contribution in [0, 0.1) is 0 Å². The van der Waals surface area contributed by atoms with Crippen LogP contribution in [0.25, 0.3) is 0 Å². The summed E-state index contributed by atoms with van der Waals surface area (Å²) < 4.78 is 0. The van der Waals surface area contributed by atoms with Gasteiger partial charge in [-0.25, -0.2) is 0 Å². The lowest BCUT2D eigenvalue weighted by Crippen LogP contribution is -2.49. The van der Waals surface area contributed by atoms with Gasteiger partial charge >= 0.3 is 0 Å². The van der Waals surface area contributed by atoms with Crippen molar-refractivity contribution < 1.29 is 9.59 Å². The Morgan fingerprint density at radius 2 is 2.04 bits per heavy atom. The molecule has 2 saturated heterocycles. The van der Waals surface area contributed by atoms with Crippen LogP contribution < -0.4 is 16.0 Å². The standard InChI is InChI=1S/C16H30N4O2S/c1-2-5-18-16(22)11-20-7-3-13(4-8-20)19-15(21)10-14-12-23-9-6-17-14/h13-14,17H,2-12H2,1H3,(H,18,22)(H,19,21). The van der Waals surface area contributed by atoms with Crippen molar-refractivity contribution in [2.45, 2.75) is 44.7 Å². The third kappa shape index (κ3) is 7.10. The fourth-order valence-corrected chi connectivity index (χ4v) is 3.97. The molecule has 2 fully saturated rings. The molecule has 7 heteroatoms. The van der Waals surface area contributed by atoms with Gasteiger partial charge in [-0.05, 0) is 19.3 Å². The highest BCUT2D eigenvalue weighted by molar-refractivity contribution is 7.99. The summed E-state index contributed by atoms with van der Waals surface area (Å²) in [6.07, 6.45) is 3.40. The highest BCUT2D eigenvalue weighted by Gasteiger charge is 2.23. The van der Waals surface area contributed by atoms with Crippen LogP contribution in [-0.4, -0.2) is 73.0 Å². The van der Waals surface area contributed by atoms with Gasteiger partial charge in [-0.1, -0.05) is 6.92 Å². The minimum Gasteiger partial charge on any atom is -0.355 e. The van der Waals surface area contributed by atoms with E-state index in [-0.39, 0.29) is 17.9 Å². The molecule has 2 aliphatic rings. The van der Waals surface area contributed by atoms with Gasteiger partial charge in [-0.2, -0.15) is 11.8 Å². The normalized spacial score (nSPS) is 23.4. The van der Waals surface area contributed by atoms with Crippen LogP contribution in [0.4, 0.5) is 0 Å². The molecule has 132 valence electrons. The number of amides is 2. The molecule has 6 nitrogen and oxygen atoms in total. The van der Waals surface area contributed by atoms with Crippen molar-refractivity contribution in [3.8, 4) is 0 Å². The number of piperidine rings is 1. The number of likely N-dealkylation sites (tertiary alicyclic amines) is 1. The predicted octanol–water partition coefficient (Wildman–Crippen LogP) is 0.188. The fraction of sp³-hybridized carbons (Fsp3) is 0.875. The Morgan fingerprint density at radius 3 is 2.70 bits per heavy atom. The monoisotopic (exact) mass is 342 g/mol. The summed E-state index contributed by atoms with van der Waals surface area (Å²) in [4.78, 5) is 26.0. The third-order valence-electron chi connectivity index (χ3n) is 4.32. The van der Waals surface area contributed by atoms with Gasteiger partial charge in [0.1, 0.15) is 0 Å². The Labute approximate surface area is 143 Å². The SMILES string of the molecule is CCCNC(=O)CN1CCC(NC(=O)CC2CSCCN2)CC1. The number of hydrogen-bond acceptors (Lipinski definition) is 5. The van der Waals surface area contributed by atoms with E-state index in [9.17, 15) is 9.59 Å². The maximum absolute atomic E-state index is 12.1. The molecule has 0 aromatic carbocycles. The second-order valence-electron chi connectivity index (χ2n) is 6.40. The van der Waals surface area contributed by atoms with E-state index in [0.29, 0.717) is 19.0 Å². The van der Waals surface area contributed by atoms with E-state index in [2.05, 4.69) is 27.8 Å². The van der Waals surface area contributed by atoms with Crippen molar-refractivity contribution in [1.29, 1.82) is 0 Å². The highest BCUT2D eigenvalue weighted by Crippen LogP contribution is 2.12. The van der Waals surface area contributed by atoms with E-state index in [1.807, 2.05) is 11.8 Å².